The maximum Gasteiger partial charge on any atom is 0.233 e. The summed E-state index contributed by atoms with van der Waals surface area (Å²) >= 11 is 4.21. The number of hydrogen-bond acceptors (Lipinski definition) is 2. The van der Waals surface area contributed by atoms with Crippen LogP contribution < -0.4 is 5.32 Å². The molecule has 1 aliphatic rings. The molecule has 1 N–H and O–H groups in total. The van der Waals surface area contributed by atoms with Gasteiger partial charge >= 0.3 is 0 Å². The highest BCUT2D eigenvalue weighted by atomic mass is 32.1. The molecule has 2 unspecified atom stereocenters. The van der Waals surface area contributed by atoms with Crippen LogP contribution in [0.15, 0.2) is 0 Å². The molecule has 1 saturated heterocycles. The van der Waals surface area contributed by atoms with Crippen LogP contribution in [-0.4, -0.2) is 17.7 Å². The zero-order chi connectivity index (χ0) is 7.56. The van der Waals surface area contributed by atoms with Crippen LogP contribution in [0.25, 0.3) is 0 Å². The van der Waals surface area contributed by atoms with Gasteiger partial charge in [-0.25, -0.2) is 0 Å². The molecule has 1 rings (SSSR count). The Morgan fingerprint density at radius 2 is 2.40 bits per heavy atom. The molecule has 10 heavy (non-hydrogen) atoms. The lowest BCUT2D eigenvalue weighted by atomic mass is 10.0. The van der Waals surface area contributed by atoms with Crippen molar-refractivity contribution in [2.45, 2.75) is 25.0 Å². The Labute approximate surface area is 66.8 Å². The average molecular weight is 159 g/mol. The van der Waals surface area contributed by atoms with Crippen molar-refractivity contribution in [1.29, 1.82) is 0 Å². The van der Waals surface area contributed by atoms with Gasteiger partial charge in [0, 0.05) is 6.54 Å². The molecular formula is C7H13NOS. The summed E-state index contributed by atoms with van der Waals surface area (Å²) in [5.41, 5.74) is 0. The summed E-state index contributed by atoms with van der Waals surface area (Å²) in [4.78, 5) is 11.0. The first kappa shape index (κ1) is 7.92. The van der Waals surface area contributed by atoms with Crippen molar-refractivity contribution in [3.8, 4) is 0 Å². The van der Waals surface area contributed by atoms with Gasteiger partial charge in [-0.3, -0.25) is 4.79 Å². The Bertz CT molecular complexity index is 138. The Hall–Kier alpha value is -0.180. The molecule has 3 heteroatoms. The van der Waals surface area contributed by atoms with E-state index < -0.39 is 0 Å². The van der Waals surface area contributed by atoms with E-state index in [2.05, 4.69) is 24.9 Å². The van der Waals surface area contributed by atoms with E-state index in [9.17, 15) is 4.79 Å². The van der Waals surface area contributed by atoms with Crippen molar-refractivity contribution < 1.29 is 4.79 Å². The zero-order valence-corrected chi connectivity index (χ0v) is 7.03. The number of nitrogens with one attached hydrogen (secondary N) is 1. The monoisotopic (exact) mass is 159 g/mol. The summed E-state index contributed by atoms with van der Waals surface area (Å²) in [6, 6.07) is 0. The molecule has 1 fully saturated rings. The Balaban J connectivity index is 2.55. The van der Waals surface area contributed by atoms with E-state index in [1.807, 2.05) is 0 Å². The fraction of sp³-hybridized carbons (Fsp3) is 0.857. The molecule has 0 spiro atoms. The fourth-order valence-electron chi connectivity index (χ4n) is 1.16. The SMILES string of the molecule is CC1CCCNC(=O)C1S. The number of carbonyl (C=O) groups is 1. The van der Waals surface area contributed by atoms with Crippen molar-refractivity contribution in [1.82, 2.24) is 5.32 Å². The van der Waals surface area contributed by atoms with E-state index in [0.717, 1.165) is 19.4 Å². The first-order valence-electron chi connectivity index (χ1n) is 3.67. The highest BCUT2D eigenvalue weighted by molar-refractivity contribution is 7.81. The number of hydrogen-bond donors (Lipinski definition) is 2. The second-order valence-corrected chi connectivity index (χ2v) is 3.41. The van der Waals surface area contributed by atoms with E-state index in [-0.39, 0.29) is 11.2 Å². The third-order valence-corrected chi connectivity index (χ3v) is 2.69. The number of rotatable bonds is 0. The summed E-state index contributed by atoms with van der Waals surface area (Å²) in [6.45, 7) is 2.89. The van der Waals surface area contributed by atoms with E-state index in [1.165, 1.54) is 0 Å². The van der Waals surface area contributed by atoms with Gasteiger partial charge in [-0.2, -0.15) is 12.6 Å². The van der Waals surface area contributed by atoms with E-state index in [4.69, 9.17) is 0 Å². The van der Waals surface area contributed by atoms with Crippen LogP contribution in [0.3, 0.4) is 0 Å². The van der Waals surface area contributed by atoms with Gasteiger partial charge < -0.3 is 5.32 Å². The fourth-order valence-corrected chi connectivity index (χ4v) is 1.40. The predicted molar refractivity (Wildman–Crippen MR) is 44.2 cm³/mol. The van der Waals surface area contributed by atoms with Crippen molar-refractivity contribution in [3.05, 3.63) is 0 Å². The van der Waals surface area contributed by atoms with E-state index in [1.54, 1.807) is 0 Å². The van der Waals surface area contributed by atoms with Gasteiger partial charge in [-0.15, -0.1) is 0 Å². The van der Waals surface area contributed by atoms with Crippen LogP contribution in [0.2, 0.25) is 0 Å². The van der Waals surface area contributed by atoms with Crippen molar-refractivity contribution in [3.63, 3.8) is 0 Å². The molecule has 58 valence electrons. The standard InChI is InChI=1S/C7H13NOS/c1-5-3-2-4-8-7(9)6(5)10/h5-6,10H,2-4H2,1H3,(H,8,9). The second kappa shape index (κ2) is 3.28. The van der Waals surface area contributed by atoms with Crippen LogP contribution in [0, 0.1) is 5.92 Å². The highest BCUT2D eigenvalue weighted by Gasteiger charge is 2.22. The van der Waals surface area contributed by atoms with Gasteiger partial charge in [0.15, 0.2) is 0 Å². The lowest BCUT2D eigenvalue weighted by Crippen LogP contribution is -2.32. The first-order valence-corrected chi connectivity index (χ1v) is 4.19. The van der Waals surface area contributed by atoms with Crippen LogP contribution in [-0.2, 0) is 4.79 Å². The summed E-state index contributed by atoms with van der Waals surface area (Å²) in [6.07, 6.45) is 2.19. The highest BCUT2D eigenvalue weighted by Crippen LogP contribution is 2.17. The first-order chi connectivity index (χ1) is 4.72. The minimum absolute atomic E-state index is 0.0910. The van der Waals surface area contributed by atoms with Gasteiger partial charge in [0.25, 0.3) is 0 Å². The smallest absolute Gasteiger partial charge is 0.233 e. The molecule has 0 aromatic rings. The van der Waals surface area contributed by atoms with Crippen molar-refractivity contribution in [2.24, 2.45) is 5.92 Å². The molecule has 0 saturated carbocycles. The normalized spacial score (nSPS) is 34.8. The van der Waals surface area contributed by atoms with Gasteiger partial charge in [0.2, 0.25) is 5.91 Å². The molecule has 0 radical (unpaired) electrons. The molecule has 2 nitrogen and oxygen atoms in total. The summed E-state index contributed by atoms with van der Waals surface area (Å²) in [5.74, 6) is 0.513. The molecular weight excluding hydrogens is 146 g/mol. The minimum Gasteiger partial charge on any atom is -0.355 e. The quantitative estimate of drug-likeness (QED) is 0.504. The Kier molecular flexibility index (Phi) is 2.60. The Morgan fingerprint density at radius 1 is 1.70 bits per heavy atom. The van der Waals surface area contributed by atoms with Gasteiger partial charge in [-0.1, -0.05) is 6.92 Å². The molecule has 2 atom stereocenters. The minimum atomic E-state index is -0.0949. The Morgan fingerprint density at radius 3 is 3.10 bits per heavy atom. The maximum atomic E-state index is 11.0. The summed E-state index contributed by atoms with van der Waals surface area (Å²) in [7, 11) is 0. The molecule has 1 amide bonds. The molecule has 0 aromatic heterocycles. The topological polar surface area (TPSA) is 29.1 Å². The van der Waals surface area contributed by atoms with E-state index >= 15 is 0 Å². The molecule has 0 aliphatic carbocycles. The van der Waals surface area contributed by atoms with Crippen LogP contribution in [0.1, 0.15) is 19.8 Å². The van der Waals surface area contributed by atoms with E-state index in [0.29, 0.717) is 5.92 Å². The summed E-state index contributed by atoms with van der Waals surface area (Å²) in [5, 5.41) is 2.71. The molecule has 1 heterocycles. The molecule has 0 aromatic carbocycles. The van der Waals surface area contributed by atoms with Crippen LogP contribution in [0.4, 0.5) is 0 Å². The summed E-state index contributed by atoms with van der Waals surface area (Å²) < 4.78 is 0. The van der Waals surface area contributed by atoms with Gasteiger partial charge in [0.1, 0.15) is 0 Å². The lowest BCUT2D eigenvalue weighted by molar-refractivity contribution is -0.120. The van der Waals surface area contributed by atoms with Crippen LogP contribution >= 0.6 is 12.6 Å². The number of thiol groups is 1. The van der Waals surface area contributed by atoms with Gasteiger partial charge in [0.05, 0.1) is 5.25 Å². The third-order valence-electron chi connectivity index (χ3n) is 1.94. The lowest BCUT2D eigenvalue weighted by Gasteiger charge is -2.12. The second-order valence-electron chi connectivity index (χ2n) is 2.86. The van der Waals surface area contributed by atoms with Gasteiger partial charge in [-0.05, 0) is 18.8 Å². The average Bonchev–Trinajstić information content (AvgIpc) is 2.04. The molecule has 1 aliphatic heterocycles. The van der Waals surface area contributed by atoms with Crippen molar-refractivity contribution in [2.75, 3.05) is 6.54 Å². The molecule has 0 bridgehead atoms. The zero-order valence-electron chi connectivity index (χ0n) is 6.13. The number of carbonyl (C=O) groups excluding carboxylic acids is 1. The van der Waals surface area contributed by atoms with Crippen molar-refractivity contribution >= 4 is 18.5 Å². The predicted octanol–water partition coefficient (Wildman–Crippen LogP) is 0.831. The maximum absolute atomic E-state index is 11.0. The van der Waals surface area contributed by atoms with Crippen LogP contribution in [0.5, 0.6) is 0 Å². The number of amides is 1. The largest absolute Gasteiger partial charge is 0.355 e. The third kappa shape index (κ3) is 1.66.